The van der Waals surface area contributed by atoms with E-state index in [2.05, 4.69) is 33.0 Å². The first-order valence-corrected chi connectivity index (χ1v) is 15.1. The van der Waals surface area contributed by atoms with E-state index >= 15 is 0 Å². The van der Waals surface area contributed by atoms with Crippen LogP contribution in [0.25, 0.3) is 0 Å². The number of rotatable bonds is 23. The number of unbranched alkanes of at least 4 members (excludes halogenated alkanes) is 15. The van der Waals surface area contributed by atoms with E-state index in [1.165, 1.54) is 103 Å². The largest absolute Gasteiger partial charge is 0.521 e. The Labute approximate surface area is 209 Å². The highest BCUT2D eigenvalue weighted by Gasteiger charge is 2.58. The van der Waals surface area contributed by atoms with Crippen LogP contribution >= 0.6 is 12.4 Å². The summed E-state index contributed by atoms with van der Waals surface area (Å²) in [4.78, 5) is 0. The zero-order chi connectivity index (χ0) is 23.4. The zero-order valence-corrected chi connectivity index (χ0v) is 24.5. The Balaban J connectivity index is 0. The van der Waals surface area contributed by atoms with Gasteiger partial charge in [-0.3, -0.25) is 0 Å². The Morgan fingerprint density at radius 2 is 0.938 bits per heavy atom. The van der Waals surface area contributed by atoms with Gasteiger partial charge in [0.05, 0.1) is 5.16 Å². The Kier molecular flexibility index (Phi) is 23.6. The second-order valence-electron chi connectivity index (χ2n) is 9.76. The fourth-order valence-corrected chi connectivity index (χ4v) is 7.39. The van der Waals surface area contributed by atoms with Crippen molar-refractivity contribution >= 4 is 21.2 Å². The Bertz CT molecular complexity index is 389. The predicted octanol–water partition coefficient (Wildman–Crippen LogP) is 8.09. The highest BCUT2D eigenvalue weighted by Crippen LogP contribution is 2.30. The topological polar surface area (TPSA) is 39.7 Å². The van der Waals surface area contributed by atoms with Gasteiger partial charge in [-0.1, -0.05) is 117 Å². The average Bonchev–Trinajstić information content (AvgIpc) is 2.77. The highest BCUT2D eigenvalue weighted by atomic mass is 35.5. The van der Waals surface area contributed by atoms with Crippen LogP contribution in [-0.4, -0.2) is 41.8 Å². The van der Waals surface area contributed by atoms with Gasteiger partial charge in [0, 0.05) is 21.3 Å². The summed E-state index contributed by atoms with van der Waals surface area (Å²) in [5.41, 5.74) is 0. The van der Waals surface area contributed by atoms with Gasteiger partial charge in [0.15, 0.2) is 0 Å². The van der Waals surface area contributed by atoms with E-state index in [-0.39, 0.29) is 17.6 Å². The molecular formula is C26H58ClNO3Si. The van der Waals surface area contributed by atoms with E-state index in [4.69, 9.17) is 13.3 Å². The summed E-state index contributed by atoms with van der Waals surface area (Å²) < 4.78 is 17.3. The van der Waals surface area contributed by atoms with Crippen LogP contribution in [0.3, 0.4) is 0 Å². The van der Waals surface area contributed by atoms with Gasteiger partial charge in [0.25, 0.3) is 0 Å². The van der Waals surface area contributed by atoms with Crippen molar-refractivity contribution in [3.63, 3.8) is 0 Å². The van der Waals surface area contributed by atoms with Crippen molar-refractivity contribution in [2.75, 3.05) is 27.9 Å². The van der Waals surface area contributed by atoms with E-state index in [1.54, 1.807) is 21.3 Å². The lowest BCUT2D eigenvalue weighted by Crippen LogP contribution is -2.71. The zero-order valence-electron chi connectivity index (χ0n) is 22.7. The molecule has 1 unspecified atom stereocenters. The molecule has 0 aromatic rings. The van der Waals surface area contributed by atoms with Gasteiger partial charge in [0.1, 0.15) is 0 Å². The lowest BCUT2D eigenvalue weighted by atomic mass is 10.0. The SMILES string of the molecule is CCCCCCCCCCCCCCCCCCNC(C)(C(C)C)[Si](OC)(OC)OC.Cl. The van der Waals surface area contributed by atoms with Gasteiger partial charge in [-0.25, -0.2) is 0 Å². The van der Waals surface area contributed by atoms with Crippen LogP contribution in [0.1, 0.15) is 130 Å². The number of halogens is 1. The molecule has 1 N–H and O–H groups in total. The first-order chi connectivity index (χ1) is 14.9. The highest BCUT2D eigenvalue weighted by molar-refractivity contribution is 6.64. The maximum absolute atomic E-state index is 5.78. The van der Waals surface area contributed by atoms with E-state index in [1.807, 2.05) is 0 Å². The van der Waals surface area contributed by atoms with Crippen LogP contribution in [0, 0.1) is 5.92 Å². The molecule has 0 heterocycles. The lowest BCUT2D eigenvalue weighted by molar-refractivity contribution is 0.0716. The van der Waals surface area contributed by atoms with Crippen molar-refractivity contribution in [1.82, 2.24) is 5.32 Å². The summed E-state index contributed by atoms with van der Waals surface area (Å²) in [6.45, 7) is 9.88. The third-order valence-corrected chi connectivity index (χ3v) is 10.8. The molecule has 6 heteroatoms. The Morgan fingerprint density at radius 3 is 1.22 bits per heavy atom. The molecule has 0 aliphatic carbocycles. The fourth-order valence-electron chi connectivity index (χ4n) is 4.57. The van der Waals surface area contributed by atoms with Gasteiger partial charge in [-0.15, -0.1) is 12.4 Å². The molecule has 4 nitrogen and oxygen atoms in total. The summed E-state index contributed by atoms with van der Waals surface area (Å²) in [6.07, 6.45) is 22.4. The van der Waals surface area contributed by atoms with E-state index in [9.17, 15) is 0 Å². The molecular weight excluding hydrogens is 438 g/mol. The van der Waals surface area contributed by atoms with E-state index in [0.29, 0.717) is 5.92 Å². The Morgan fingerprint density at radius 1 is 0.625 bits per heavy atom. The molecule has 0 rings (SSSR count). The normalized spacial score (nSPS) is 13.9. The molecule has 32 heavy (non-hydrogen) atoms. The summed E-state index contributed by atoms with van der Waals surface area (Å²) in [5.74, 6) is 0.361. The average molecular weight is 496 g/mol. The van der Waals surface area contributed by atoms with Crippen molar-refractivity contribution < 1.29 is 13.3 Å². The molecule has 0 aromatic carbocycles. The molecule has 0 radical (unpaired) electrons. The molecule has 0 amide bonds. The standard InChI is InChI=1S/C26H57NO3Si.ClH/c1-8-9-10-11-12-13-14-15-16-17-18-19-20-21-22-23-24-27-26(4,25(2)3)31(28-5,29-6)30-7;/h25,27H,8-24H2,1-7H3;1H. The van der Waals surface area contributed by atoms with Crippen molar-refractivity contribution in [3.8, 4) is 0 Å². The summed E-state index contributed by atoms with van der Waals surface area (Å²) in [7, 11) is 2.36. The maximum atomic E-state index is 5.78. The monoisotopic (exact) mass is 495 g/mol. The number of nitrogens with one attached hydrogen (secondary N) is 1. The predicted molar refractivity (Wildman–Crippen MR) is 145 cm³/mol. The van der Waals surface area contributed by atoms with E-state index in [0.717, 1.165) is 6.54 Å². The smallest absolute Gasteiger partial charge is 0.376 e. The molecule has 0 fully saturated rings. The van der Waals surface area contributed by atoms with Crippen LogP contribution in [0.2, 0.25) is 0 Å². The van der Waals surface area contributed by atoms with Crippen molar-refractivity contribution in [3.05, 3.63) is 0 Å². The minimum absolute atomic E-state index is 0. The first-order valence-electron chi connectivity index (χ1n) is 13.3. The van der Waals surface area contributed by atoms with Crippen LogP contribution in [-0.2, 0) is 13.3 Å². The second kappa shape index (κ2) is 21.9. The number of hydrogen-bond acceptors (Lipinski definition) is 4. The first kappa shape index (κ1) is 34.5. The van der Waals surface area contributed by atoms with Gasteiger partial charge in [-0.2, -0.15) is 0 Å². The van der Waals surface area contributed by atoms with Crippen molar-refractivity contribution in [2.45, 2.75) is 136 Å². The molecule has 0 saturated carbocycles. The summed E-state index contributed by atoms with van der Waals surface area (Å²) in [6, 6.07) is 0. The third kappa shape index (κ3) is 13.3. The molecule has 196 valence electrons. The van der Waals surface area contributed by atoms with Crippen LogP contribution < -0.4 is 5.32 Å². The summed E-state index contributed by atoms with van der Waals surface area (Å²) in [5, 5.41) is 3.45. The molecule has 0 aliphatic heterocycles. The molecule has 0 aliphatic rings. The molecule has 0 aromatic heterocycles. The molecule has 0 saturated heterocycles. The van der Waals surface area contributed by atoms with Crippen LogP contribution in [0.4, 0.5) is 0 Å². The number of hydrogen-bond donors (Lipinski definition) is 1. The minimum atomic E-state index is -2.76. The maximum Gasteiger partial charge on any atom is 0.521 e. The quantitative estimate of drug-likeness (QED) is 0.115. The minimum Gasteiger partial charge on any atom is -0.376 e. The third-order valence-electron chi connectivity index (χ3n) is 7.12. The molecule has 0 bridgehead atoms. The van der Waals surface area contributed by atoms with Gasteiger partial charge in [0.2, 0.25) is 0 Å². The van der Waals surface area contributed by atoms with Crippen molar-refractivity contribution in [1.29, 1.82) is 0 Å². The lowest BCUT2D eigenvalue weighted by Gasteiger charge is -2.44. The second-order valence-corrected chi connectivity index (χ2v) is 13.1. The molecule has 0 spiro atoms. The van der Waals surface area contributed by atoms with Crippen LogP contribution in [0.5, 0.6) is 0 Å². The molecule has 1 atom stereocenters. The van der Waals surface area contributed by atoms with Gasteiger partial charge in [-0.05, 0) is 25.8 Å². The Hall–Kier alpha value is 0.347. The summed E-state index contributed by atoms with van der Waals surface area (Å²) >= 11 is 0. The van der Waals surface area contributed by atoms with Gasteiger partial charge >= 0.3 is 8.80 Å². The van der Waals surface area contributed by atoms with Gasteiger partial charge < -0.3 is 18.6 Å². The van der Waals surface area contributed by atoms with Crippen molar-refractivity contribution in [2.24, 2.45) is 5.92 Å². The van der Waals surface area contributed by atoms with Crippen LogP contribution in [0.15, 0.2) is 0 Å². The van der Waals surface area contributed by atoms with E-state index < -0.39 is 8.80 Å². The fraction of sp³-hybridized carbons (Fsp3) is 1.00.